The number of halogens is 1. The number of rotatable bonds is 5. The molecule has 0 aliphatic carbocycles. The average Bonchev–Trinajstić information content (AvgIpc) is 3.17. The Hall–Kier alpha value is -2.40. The Kier molecular flexibility index (Phi) is 4.81. The van der Waals surface area contributed by atoms with E-state index in [0.29, 0.717) is 17.8 Å². The minimum Gasteiger partial charge on any atom is -0.352 e. The van der Waals surface area contributed by atoms with Crippen molar-refractivity contribution in [1.82, 2.24) is 9.88 Å². The number of carbonyl (C=O) groups is 1. The second kappa shape index (κ2) is 7.01. The first-order valence-electron chi connectivity index (χ1n) is 7.82. The highest BCUT2D eigenvalue weighted by molar-refractivity contribution is 7.09. The quantitative estimate of drug-likeness (QED) is 0.738. The van der Waals surface area contributed by atoms with E-state index < -0.39 is 0 Å². The van der Waals surface area contributed by atoms with Crippen LogP contribution >= 0.6 is 11.3 Å². The summed E-state index contributed by atoms with van der Waals surface area (Å²) in [6, 6.07) is 12.5. The number of nitrogens with one attached hydrogen (secondary N) is 1. The van der Waals surface area contributed by atoms with E-state index in [9.17, 15) is 9.18 Å². The lowest BCUT2D eigenvalue weighted by molar-refractivity contribution is 0.0953. The van der Waals surface area contributed by atoms with Gasteiger partial charge in [-0.2, -0.15) is 0 Å². The highest BCUT2D eigenvalue weighted by Crippen LogP contribution is 2.22. The van der Waals surface area contributed by atoms with E-state index in [1.54, 1.807) is 34.1 Å². The van der Waals surface area contributed by atoms with Gasteiger partial charge in [0.1, 0.15) is 5.82 Å². The van der Waals surface area contributed by atoms with Gasteiger partial charge in [0.15, 0.2) is 0 Å². The van der Waals surface area contributed by atoms with Crippen LogP contribution in [-0.2, 0) is 6.42 Å². The van der Waals surface area contributed by atoms with Gasteiger partial charge in [-0.05, 0) is 49.9 Å². The topological polar surface area (TPSA) is 34.0 Å². The number of benzene rings is 1. The van der Waals surface area contributed by atoms with Crippen LogP contribution in [0.5, 0.6) is 0 Å². The van der Waals surface area contributed by atoms with E-state index >= 15 is 0 Å². The Morgan fingerprint density at radius 1 is 1.21 bits per heavy atom. The molecule has 1 amide bonds. The fraction of sp³-hybridized carbons (Fsp3) is 0.211. The van der Waals surface area contributed by atoms with Crippen LogP contribution < -0.4 is 5.32 Å². The van der Waals surface area contributed by atoms with E-state index in [1.807, 2.05) is 31.4 Å². The standard InChI is InChI=1S/C19H19FN2OS/c1-13-12-16(19(23)21-10-9-15-6-5-11-24-15)14(2)22(13)18-8-4-3-7-17(18)20/h3-8,11-12H,9-10H2,1-2H3,(H,21,23). The summed E-state index contributed by atoms with van der Waals surface area (Å²) in [5, 5.41) is 4.97. The van der Waals surface area contributed by atoms with Gasteiger partial charge in [0, 0.05) is 22.8 Å². The molecular formula is C19H19FN2OS. The van der Waals surface area contributed by atoms with Crippen LogP contribution in [0.3, 0.4) is 0 Å². The molecular weight excluding hydrogens is 323 g/mol. The molecule has 1 aromatic carbocycles. The van der Waals surface area contributed by atoms with Gasteiger partial charge in [0.2, 0.25) is 0 Å². The smallest absolute Gasteiger partial charge is 0.253 e. The molecule has 5 heteroatoms. The fourth-order valence-electron chi connectivity index (χ4n) is 2.85. The van der Waals surface area contributed by atoms with Crippen molar-refractivity contribution in [2.75, 3.05) is 6.54 Å². The maximum absolute atomic E-state index is 14.1. The maximum Gasteiger partial charge on any atom is 0.253 e. The summed E-state index contributed by atoms with van der Waals surface area (Å²) in [6.45, 7) is 4.30. The van der Waals surface area contributed by atoms with Crippen LogP contribution in [0.1, 0.15) is 26.6 Å². The third-order valence-corrected chi connectivity index (χ3v) is 4.94. The van der Waals surface area contributed by atoms with Crippen LogP contribution in [0.4, 0.5) is 4.39 Å². The van der Waals surface area contributed by atoms with E-state index in [4.69, 9.17) is 0 Å². The molecule has 124 valence electrons. The first-order chi connectivity index (χ1) is 11.6. The molecule has 3 nitrogen and oxygen atoms in total. The van der Waals surface area contributed by atoms with Crippen molar-refractivity contribution >= 4 is 17.2 Å². The molecule has 0 unspecified atom stereocenters. The molecule has 0 fully saturated rings. The molecule has 0 saturated carbocycles. The van der Waals surface area contributed by atoms with Crippen LogP contribution in [0.2, 0.25) is 0 Å². The number of hydrogen-bond donors (Lipinski definition) is 1. The van der Waals surface area contributed by atoms with Crippen molar-refractivity contribution in [2.45, 2.75) is 20.3 Å². The van der Waals surface area contributed by atoms with Gasteiger partial charge in [0.05, 0.1) is 11.3 Å². The summed E-state index contributed by atoms with van der Waals surface area (Å²) in [5.41, 5.74) is 2.62. The van der Waals surface area contributed by atoms with Gasteiger partial charge in [0.25, 0.3) is 5.91 Å². The van der Waals surface area contributed by atoms with E-state index in [-0.39, 0.29) is 11.7 Å². The molecule has 1 N–H and O–H groups in total. The number of aryl methyl sites for hydroxylation is 1. The van der Waals surface area contributed by atoms with Gasteiger partial charge >= 0.3 is 0 Å². The summed E-state index contributed by atoms with van der Waals surface area (Å²) in [5.74, 6) is -0.425. The third-order valence-electron chi connectivity index (χ3n) is 4.01. The number of thiophene rings is 1. The van der Waals surface area contributed by atoms with Gasteiger partial charge in [-0.25, -0.2) is 4.39 Å². The molecule has 2 aromatic heterocycles. The SMILES string of the molecule is Cc1cc(C(=O)NCCc2cccs2)c(C)n1-c1ccccc1F. The molecule has 2 heterocycles. The lowest BCUT2D eigenvalue weighted by atomic mass is 10.2. The second-order valence-electron chi connectivity index (χ2n) is 5.66. The van der Waals surface area contributed by atoms with Crippen LogP contribution in [-0.4, -0.2) is 17.0 Å². The summed E-state index contributed by atoms with van der Waals surface area (Å²) in [6.07, 6.45) is 0.815. The van der Waals surface area contributed by atoms with Crippen molar-refractivity contribution < 1.29 is 9.18 Å². The lowest BCUT2D eigenvalue weighted by Gasteiger charge is -2.11. The molecule has 0 atom stereocenters. The van der Waals surface area contributed by atoms with Crippen molar-refractivity contribution in [2.24, 2.45) is 0 Å². The summed E-state index contributed by atoms with van der Waals surface area (Å²) in [7, 11) is 0. The summed E-state index contributed by atoms with van der Waals surface area (Å²) in [4.78, 5) is 13.7. The number of nitrogens with zero attached hydrogens (tertiary/aromatic N) is 1. The predicted octanol–water partition coefficient (Wildman–Crippen LogP) is 4.27. The van der Waals surface area contributed by atoms with Crippen LogP contribution in [0.25, 0.3) is 5.69 Å². The molecule has 0 aliphatic heterocycles. The van der Waals surface area contributed by atoms with Gasteiger partial charge < -0.3 is 9.88 Å². The normalized spacial score (nSPS) is 10.8. The second-order valence-corrected chi connectivity index (χ2v) is 6.69. The first kappa shape index (κ1) is 16.5. The zero-order chi connectivity index (χ0) is 17.1. The Bertz CT molecular complexity index is 852. The molecule has 0 saturated heterocycles. The number of para-hydroxylation sites is 1. The summed E-state index contributed by atoms with van der Waals surface area (Å²) >= 11 is 1.68. The number of hydrogen-bond acceptors (Lipinski definition) is 2. The zero-order valence-electron chi connectivity index (χ0n) is 13.7. The Labute approximate surface area is 144 Å². The summed E-state index contributed by atoms with van der Waals surface area (Å²) < 4.78 is 15.9. The Balaban J connectivity index is 1.78. The third kappa shape index (κ3) is 3.26. The molecule has 0 spiro atoms. The highest BCUT2D eigenvalue weighted by Gasteiger charge is 2.17. The Morgan fingerprint density at radius 2 is 2.00 bits per heavy atom. The van der Waals surface area contributed by atoms with Crippen molar-refractivity contribution in [3.8, 4) is 5.69 Å². The maximum atomic E-state index is 14.1. The molecule has 0 radical (unpaired) electrons. The van der Waals surface area contributed by atoms with Crippen LogP contribution in [0.15, 0.2) is 47.8 Å². The van der Waals surface area contributed by atoms with Crippen molar-refractivity contribution in [1.29, 1.82) is 0 Å². The van der Waals surface area contributed by atoms with Gasteiger partial charge in [-0.3, -0.25) is 4.79 Å². The number of amides is 1. The van der Waals surface area contributed by atoms with E-state index in [2.05, 4.69) is 11.4 Å². The van der Waals surface area contributed by atoms with E-state index in [0.717, 1.165) is 17.8 Å². The van der Waals surface area contributed by atoms with Gasteiger partial charge in [-0.1, -0.05) is 18.2 Å². The molecule has 0 aliphatic rings. The zero-order valence-corrected chi connectivity index (χ0v) is 14.5. The fourth-order valence-corrected chi connectivity index (χ4v) is 3.55. The minimum absolute atomic E-state index is 0.123. The first-order valence-corrected chi connectivity index (χ1v) is 8.70. The highest BCUT2D eigenvalue weighted by atomic mass is 32.1. The molecule has 3 rings (SSSR count). The van der Waals surface area contributed by atoms with E-state index in [1.165, 1.54) is 10.9 Å². The van der Waals surface area contributed by atoms with Crippen molar-refractivity contribution in [3.63, 3.8) is 0 Å². The monoisotopic (exact) mass is 342 g/mol. The number of carbonyl (C=O) groups excluding carboxylic acids is 1. The minimum atomic E-state index is -0.302. The molecule has 3 aromatic rings. The molecule has 0 bridgehead atoms. The van der Waals surface area contributed by atoms with Crippen molar-refractivity contribution in [3.05, 3.63) is 75.5 Å². The lowest BCUT2D eigenvalue weighted by Crippen LogP contribution is -2.26. The average molecular weight is 342 g/mol. The largest absolute Gasteiger partial charge is 0.352 e. The Morgan fingerprint density at radius 3 is 2.71 bits per heavy atom. The molecule has 24 heavy (non-hydrogen) atoms. The van der Waals surface area contributed by atoms with Crippen LogP contribution in [0, 0.1) is 19.7 Å². The van der Waals surface area contributed by atoms with Gasteiger partial charge in [-0.15, -0.1) is 11.3 Å². The predicted molar refractivity (Wildman–Crippen MR) is 95.6 cm³/mol. The number of aromatic nitrogens is 1.